The maximum absolute atomic E-state index is 13.9. The summed E-state index contributed by atoms with van der Waals surface area (Å²) in [5.41, 5.74) is 5.15. The highest BCUT2D eigenvalue weighted by Crippen LogP contribution is 2.42. The number of fused-ring (bicyclic) bond motifs is 8. The molecule has 0 amide bonds. The molecule has 9 fully saturated rings. The van der Waals surface area contributed by atoms with Crippen LogP contribution in [0.3, 0.4) is 0 Å². The van der Waals surface area contributed by atoms with E-state index in [4.69, 9.17) is 60.5 Å². The molecule has 0 radical (unpaired) electrons. The first kappa shape index (κ1) is 54.7. The number of pyridine rings is 2. The van der Waals surface area contributed by atoms with Crippen LogP contribution in [0.25, 0.3) is 11.3 Å². The van der Waals surface area contributed by atoms with Crippen LogP contribution in [0.5, 0.6) is 0 Å². The third-order valence-corrected chi connectivity index (χ3v) is 17.1. The van der Waals surface area contributed by atoms with E-state index in [1.54, 1.807) is 19.0 Å². The van der Waals surface area contributed by atoms with Gasteiger partial charge in [0.15, 0.2) is 5.82 Å². The normalized spacial score (nSPS) is 28.4. The zero-order valence-corrected chi connectivity index (χ0v) is 45.7. The average Bonchev–Trinajstić information content (AvgIpc) is 4.26. The minimum Gasteiger partial charge on any atom is -0.399 e. The molecule has 78 heavy (non-hydrogen) atoms. The van der Waals surface area contributed by atoms with Gasteiger partial charge in [0.1, 0.15) is 22.6 Å². The number of aliphatic imine (C=N–C) groups is 1. The lowest BCUT2D eigenvalue weighted by atomic mass is 9.77. The zero-order chi connectivity index (χ0) is 54.6. The molecule has 420 valence electrons. The van der Waals surface area contributed by atoms with E-state index < -0.39 is 31.2 Å². The monoisotopic (exact) mass is 1110 g/mol. The van der Waals surface area contributed by atoms with Gasteiger partial charge in [0.2, 0.25) is 11.9 Å². The number of nitrogen functional groups attached to an aromatic ring is 1. The van der Waals surface area contributed by atoms with Crippen molar-refractivity contribution in [2.75, 3.05) is 92.3 Å². The van der Waals surface area contributed by atoms with Crippen LogP contribution in [0.2, 0.25) is 5.15 Å². The van der Waals surface area contributed by atoms with Gasteiger partial charge in [-0.1, -0.05) is 11.6 Å². The van der Waals surface area contributed by atoms with E-state index in [2.05, 4.69) is 39.5 Å². The molecule has 2 N–H and O–H groups in total. The smallest absolute Gasteiger partial charge is 0.399 e. The number of hydrogen-bond donors (Lipinski definition) is 1. The average molecular weight is 1110 g/mol. The largest absolute Gasteiger partial charge is 0.496 e. The van der Waals surface area contributed by atoms with Crippen LogP contribution in [-0.2, 0) is 28.3 Å². The van der Waals surface area contributed by atoms with Crippen LogP contribution in [0.4, 0.5) is 52.7 Å². The maximum atomic E-state index is 13.9. The molecule has 4 aromatic heterocycles. The number of hydrogen-bond acceptors (Lipinski definition) is 18. The molecule has 8 atom stereocenters. The summed E-state index contributed by atoms with van der Waals surface area (Å²) in [5, 5.41) is 0.529. The fourth-order valence-electron chi connectivity index (χ4n) is 12.3. The molecule has 8 bridgehead atoms. The Labute approximate surface area is 457 Å². The van der Waals surface area contributed by atoms with Crippen LogP contribution >= 0.6 is 11.6 Å². The van der Waals surface area contributed by atoms with Crippen molar-refractivity contribution >= 4 is 65.7 Å². The number of rotatable bonds is 10. The van der Waals surface area contributed by atoms with E-state index >= 15 is 0 Å². The molecular weight excluding hydrogens is 1040 g/mol. The zero-order valence-electron chi connectivity index (χ0n) is 45.0. The molecule has 0 aliphatic carbocycles. The van der Waals surface area contributed by atoms with Crippen LogP contribution in [0.15, 0.2) is 41.7 Å². The van der Waals surface area contributed by atoms with Gasteiger partial charge in [-0.2, -0.15) is 9.97 Å². The molecule has 9 aliphatic heterocycles. The van der Waals surface area contributed by atoms with E-state index in [0.717, 1.165) is 82.5 Å². The molecule has 9 aliphatic rings. The minimum absolute atomic E-state index is 0.0657. The van der Waals surface area contributed by atoms with Crippen molar-refractivity contribution in [2.45, 2.75) is 151 Å². The number of anilines is 5. The van der Waals surface area contributed by atoms with E-state index in [1.165, 1.54) is 43.7 Å². The Kier molecular flexibility index (Phi) is 15.7. The van der Waals surface area contributed by atoms with Gasteiger partial charge in [-0.25, -0.2) is 42.5 Å². The first-order valence-corrected chi connectivity index (χ1v) is 27.5. The van der Waals surface area contributed by atoms with Crippen LogP contribution < -0.4 is 30.8 Å². The Morgan fingerprint density at radius 3 is 1.49 bits per heavy atom. The van der Waals surface area contributed by atoms with Gasteiger partial charge < -0.3 is 58.5 Å². The summed E-state index contributed by atoms with van der Waals surface area (Å²) in [5.74, 6) is 3.36. The summed E-state index contributed by atoms with van der Waals surface area (Å²) in [4.78, 5) is 42.4. The molecule has 9 saturated heterocycles. The van der Waals surface area contributed by atoms with E-state index in [0.29, 0.717) is 73.0 Å². The van der Waals surface area contributed by atoms with Gasteiger partial charge in [-0.15, -0.1) is 0 Å². The quantitative estimate of drug-likeness (QED) is 0.0552. The molecule has 0 saturated carbocycles. The third kappa shape index (κ3) is 11.0. The molecule has 25 heteroatoms. The van der Waals surface area contributed by atoms with Crippen molar-refractivity contribution in [3.05, 3.63) is 52.9 Å². The molecule has 4 aromatic rings. The van der Waals surface area contributed by atoms with Gasteiger partial charge in [-0.05, 0) is 91.2 Å². The lowest BCUT2D eigenvalue weighted by Crippen LogP contribution is -2.48. The maximum Gasteiger partial charge on any atom is 0.496 e. The van der Waals surface area contributed by atoms with E-state index in [9.17, 15) is 17.6 Å². The fourth-order valence-corrected chi connectivity index (χ4v) is 12.5. The number of nitrogens with zero attached hydrogens (tertiary/aromatic N) is 12. The second-order valence-electron chi connectivity index (χ2n) is 22.8. The van der Waals surface area contributed by atoms with Crippen LogP contribution in [0, 0.1) is 0 Å². The first-order valence-electron chi connectivity index (χ1n) is 27.2. The van der Waals surface area contributed by atoms with Gasteiger partial charge in [0.05, 0.1) is 124 Å². The number of ether oxygens (including phenoxy) is 4. The predicted octanol–water partition coefficient (Wildman–Crippen LogP) is 7.20. The summed E-state index contributed by atoms with van der Waals surface area (Å²) in [7, 11) is 2.70. The number of morpholine rings is 4. The van der Waals surface area contributed by atoms with Crippen molar-refractivity contribution in [1.82, 2.24) is 34.8 Å². The summed E-state index contributed by atoms with van der Waals surface area (Å²) < 4.78 is 89.2. The SMILES string of the molecule is CN(C)C=Nc1cc(C(F)F)c(B2OC(C)(C)C(C)(C)O2)cn1.Clc1cc(N2C3CCC2COC3)nc(N2C3CCC2COC3)n1.Nc1cc(C(F)F)c(-c2cc(N3C4CCC3COC4)nc(N3C4CCC3COC4)n2)cn1. The standard InChI is InChI=1S/C22H26F2N6O2.C16H21ClN4O2.C15H22BF2N3O2/c23-21(24)16-5-19(25)26-7-17(16)18-6-20(29-12-1-2-13(29)9-31-8-12)28-22(27-18)30-14-3-4-15(30)11-32-10-14;17-14-5-15(20-10-1-2-11(20)7-22-6-10)19-16(18-14)21-12-3-4-13(21)9-23-8-12;1-14(2)15(3,4)23-16(22-14)11-8-19-12(20-9-21(5)6)7-10(11)13(17)18/h5-7,12-15,21H,1-4,8-11H2,(H2,25,26);5,10-13H,1-4,6-9H2;7-9,13H,1-6H3. The highest BCUT2D eigenvalue weighted by atomic mass is 35.5. The summed E-state index contributed by atoms with van der Waals surface area (Å²) >= 11 is 6.35. The Balaban J connectivity index is 0.000000127. The lowest BCUT2D eigenvalue weighted by Gasteiger charge is -2.38. The van der Waals surface area contributed by atoms with Crippen LogP contribution in [0.1, 0.15) is 103 Å². The van der Waals surface area contributed by atoms with Crippen molar-refractivity contribution in [3.63, 3.8) is 0 Å². The fraction of sp³-hybridized carbons (Fsp3) is 0.642. The van der Waals surface area contributed by atoms with Gasteiger partial charge in [-0.3, -0.25) is 0 Å². The topological polar surface area (TPSA) is 187 Å². The van der Waals surface area contributed by atoms with Crippen molar-refractivity contribution < 1.29 is 45.8 Å². The summed E-state index contributed by atoms with van der Waals surface area (Å²) in [6.45, 7) is 13.2. The minimum atomic E-state index is -2.68. The molecule has 13 heterocycles. The Hall–Kier alpha value is -5.24. The lowest BCUT2D eigenvalue weighted by molar-refractivity contribution is 0.00578. The van der Waals surface area contributed by atoms with Crippen molar-refractivity contribution in [3.8, 4) is 11.3 Å². The highest BCUT2D eigenvalue weighted by Gasteiger charge is 2.53. The number of halogens is 5. The number of aromatic nitrogens is 6. The Morgan fingerprint density at radius 1 is 0.603 bits per heavy atom. The van der Waals surface area contributed by atoms with E-state index in [1.807, 2.05) is 39.8 Å². The molecule has 19 nitrogen and oxygen atoms in total. The second-order valence-corrected chi connectivity index (χ2v) is 23.2. The Morgan fingerprint density at radius 2 is 1.04 bits per heavy atom. The molecule has 13 rings (SSSR count). The number of nitrogens with two attached hydrogens (primary N) is 1. The first-order chi connectivity index (χ1) is 37.4. The summed E-state index contributed by atoms with van der Waals surface area (Å²) in [6, 6.07) is 8.75. The Bertz CT molecular complexity index is 2650. The molecule has 0 aromatic carbocycles. The van der Waals surface area contributed by atoms with Crippen LogP contribution in [-0.4, -0.2) is 175 Å². The third-order valence-electron chi connectivity index (χ3n) is 16.9. The highest BCUT2D eigenvalue weighted by molar-refractivity contribution is 6.62. The molecular formula is C53H69BClF4N13O6. The van der Waals surface area contributed by atoms with Gasteiger partial charge in [0.25, 0.3) is 12.9 Å². The van der Waals surface area contributed by atoms with Gasteiger partial charge >= 0.3 is 7.12 Å². The van der Waals surface area contributed by atoms with Crippen molar-refractivity contribution in [2.24, 2.45) is 4.99 Å². The molecule has 0 spiro atoms. The second kappa shape index (κ2) is 22.4. The van der Waals surface area contributed by atoms with Crippen molar-refractivity contribution in [1.29, 1.82) is 0 Å². The predicted molar refractivity (Wildman–Crippen MR) is 289 cm³/mol. The summed E-state index contributed by atoms with van der Waals surface area (Å²) in [6.07, 6.45) is 7.65. The number of alkyl halides is 4. The van der Waals surface area contributed by atoms with E-state index in [-0.39, 0.29) is 52.4 Å². The van der Waals surface area contributed by atoms with Gasteiger partial charge in [0, 0.05) is 60.8 Å². The molecule has 8 unspecified atom stereocenters.